The monoisotopic (exact) mass is 319 g/mol. The minimum atomic E-state index is -0.387. The number of carbonyl (C=O) groups excluding carboxylic acids is 3. The first kappa shape index (κ1) is 14.8. The average Bonchev–Trinajstić information content (AvgIpc) is 2.86. The first-order chi connectivity index (χ1) is 11.6. The van der Waals surface area contributed by atoms with Crippen LogP contribution >= 0.6 is 0 Å². The Bertz CT molecular complexity index is 834. The molecule has 4 nitrogen and oxygen atoms in total. The molecule has 1 aliphatic heterocycles. The second-order valence-electron chi connectivity index (χ2n) is 6.36. The fourth-order valence-electron chi connectivity index (χ4n) is 3.52. The highest BCUT2D eigenvalue weighted by Gasteiger charge is 2.36. The topological polar surface area (TPSA) is 54.5 Å². The van der Waals surface area contributed by atoms with Gasteiger partial charge < -0.3 is 0 Å². The van der Waals surface area contributed by atoms with Crippen LogP contribution in [0.1, 0.15) is 55.0 Å². The van der Waals surface area contributed by atoms with E-state index in [4.69, 9.17) is 0 Å². The molecule has 2 aromatic rings. The van der Waals surface area contributed by atoms with E-state index in [0.29, 0.717) is 16.7 Å². The third kappa shape index (κ3) is 2.35. The Morgan fingerprint density at radius 3 is 2.17 bits per heavy atom. The van der Waals surface area contributed by atoms with Crippen molar-refractivity contribution in [1.82, 2.24) is 4.90 Å². The minimum Gasteiger partial charge on any atom is -0.292 e. The zero-order valence-corrected chi connectivity index (χ0v) is 13.2. The SMILES string of the molecule is O=C(CN1C(=O)c2ccccc2C1=O)c1ccc2c(c1)CCCC2. The summed E-state index contributed by atoms with van der Waals surface area (Å²) in [7, 11) is 0. The Morgan fingerprint density at radius 1 is 0.875 bits per heavy atom. The number of amides is 2. The lowest BCUT2D eigenvalue weighted by Crippen LogP contribution is -2.35. The summed E-state index contributed by atoms with van der Waals surface area (Å²) < 4.78 is 0. The Balaban J connectivity index is 1.57. The third-order valence-corrected chi connectivity index (χ3v) is 4.85. The molecule has 0 spiro atoms. The molecule has 0 saturated carbocycles. The summed E-state index contributed by atoms with van der Waals surface area (Å²) in [5.41, 5.74) is 3.85. The second-order valence-corrected chi connectivity index (χ2v) is 6.36. The predicted octanol–water partition coefficient (Wildman–Crippen LogP) is 3.04. The number of carbonyl (C=O) groups is 3. The van der Waals surface area contributed by atoms with Crippen LogP contribution in [-0.4, -0.2) is 29.0 Å². The van der Waals surface area contributed by atoms with E-state index in [1.807, 2.05) is 18.2 Å². The maximum atomic E-state index is 12.6. The molecule has 0 aromatic heterocycles. The normalized spacial score (nSPS) is 16.1. The number of hydrogen-bond acceptors (Lipinski definition) is 3. The third-order valence-electron chi connectivity index (χ3n) is 4.85. The van der Waals surface area contributed by atoms with Gasteiger partial charge in [-0.3, -0.25) is 19.3 Å². The van der Waals surface area contributed by atoms with E-state index in [9.17, 15) is 14.4 Å². The van der Waals surface area contributed by atoms with Crippen molar-refractivity contribution in [3.63, 3.8) is 0 Å². The molecule has 2 aromatic carbocycles. The molecule has 0 N–H and O–H groups in total. The highest BCUT2D eigenvalue weighted by Crippen LogP contribution is 2.25. The van der Waals surface area contributed by atoms with Crippen molar-refractivity contribution in [1.29, 1.82) is 0 Å². The molecule has 4 rings (SSSR count). The van der Waals surface area contributed by atoms with Crippen LogP contribution in [-0.2, 0) is 12.8 Å². The summed E-state index contributed by atoms with van der Waals surface area (Å²) in [6.45, 7) is -0.203. The zero-order chi connectivity index (χ0) is 16.7. The van der Waals surface area contributed by atoms with Crippen molar-refractivity contribution in [3.05, 3.63) is 70.3 Å². The summed E-state index contributed by atoms with van der Waals surface area (Å²) in [5, 5.41) is 0. The van der Waals surface area contributed by atoms with Gasteiger partial charge in [0.25, 0.3) is 11.8 Å². The molecule has 4 heteroatoms. The van der Waals surface area contributed by atoms with Gasteiger partial charge in [0, 0.05) is 5.56 Å². The number of ketones is 1. The number of imide groups is 1. The number of aryl methyl sites for hydroxylation is 2. The van der Waals surface area contributed by atoms with Gasteiger partial charge >= 0.3 is 0 Å². The van der Waals surface area contributed by atoms with Gasteiger partial charge in [-0.05, 0) is 55.0 Å². The van der Waals surface area contributed by atoms with Gasteiger partial charge in [-0.15, -0.1) is 0 Å². The van der Waals surface area contributed by atoms with Crippen LogP contribution in [0, 0.1) is 0 Å². The largest absolute Gasteiger partial charge is 0.292 e. The molecule has 2 aliphatic rings. The van der Waals surface area contributed by atoms with Crippen LogP contribution in [0.5, 0.6) is 0 Å². The molecule has 0 unspecified atom stereocenters. The minimum absolute atomic E-state index is 0.196. The molecule has 1 heterocycles. The molecular weight excluding hydrogens is 302 g/mol. The lowest BCUT2D eigenvalue weighted by Gasteiger charge is -2.17. The highest BCUT2D eigenvalue weighted by atomic mass is 16.2. The fraction of sp³-hybridized carbons (Fsp3) is 0.250. The van der Waals surface area contributed by atoms with E-state index in [1.54, 1.807) is 24.3 Å². The van der Waals surface area contributed by atoms with Crippen LogP contribution in [0.2, 0.25) is 0 Å². The summed E-state index contributed by atoms with van der Waals surface area (Å²) in [6.07, 6.45) is 4.38. The number of hydrogen-bond donors (Lipinski definition) is 0. The quantitative estimate of drug-likeness (QED) is 0.645. The van der Waals surface area contributed by atoms with Crippen molar-refractivity contribution in [2.45, 2.75) is 25.7 Å². The van der Waals surface area contributed by atoms with Crippen LogP contribution in [0.3, 0.4) is 0 Å². The molecule has 0 radical (unpaired) electrons. The van der Waals surface area contributed by atoms with Crippen molar-refractivity contribution in [3.8, 4) is 0 Å². The van der Waals surface area contributed by atoms with E-state index in [0.717, 1.165) is 24.2 Å². The number of benzene rings is 2. The number of fused-ring (bicyclic) bond motifs is 2. The molecule has 0 fully saturated rings. The second kappa shape index (κ2) is 5.71. The van der Waals surface area contributed by atoms with Gasteiger partial charge in [-0.2, -0.15) is 0 Å². The molecule has 2 amide bonds. The van der Waals surface area contributed by atoms with Crippen LogP contribution < -0.4 is 0 Å². The van der Waals surface area contributed by atoms with Crippen LogP contribution in [0.15, 0.2) is 42.5 Å². The molecule has 120 valence electrons. The van der Waals surface area contributed by atoms with Gasteiger partial charge in [0.05, 0.1) is 17.7 Å². The summed E-state index contributed by atoms with van der Waals surface area (Å²) in [6, 6.07) is 12.4. The summed E-state index contributed by atoms with van der Waals surface area (Å²) >= 11 is 0. The number of nitrogens with zero attached hydrogens (tertiary/aromatic N) is 1. The van der Waals surface area contributed by atoms with Crippen molar-refractivity contribution >= 4 is 17.6 Å². The number of rotatable bonds is 3. The van der Waals surface area contributed by atoms with Gasteiger partial charge in [0.2, 0.25) is 0 Å². The first-order valence-corrected chi connectivity index (χ1v) is 8.25. The van der Waals surface area contributed by atoms with E-state index in [-0.39, 0.29) is 24.1 Å². The van der Waals surface area contributed by atoms with Crippen molar-refractivity contribution < 1.29 is 14.4 Å². The van der Waals surface area contributed by atoms with Crippen molar-refractivity contribution in [2.24, 2.45) is 0 Å². The Kier molecular flexibility index (Phi) is 3.53. The number of Topliss-reactive ketones (excluding diaryl/α,β-unsaturated/α-hetero) is 1. The molecule has 0 atom stereocenters. The summed E-state index contributed by atoms with van der Waals surface area (Å²) in [4.78, 5) is 38.3. The Hall–Kier alpha value is -2.75. The fourth-order valence-corrected chi connectivity index (χ4v) is 3.52. The summed E-state index contributed by atoms with van der Waals surface area (Å²) in [5.74, 6) is -0.971. The molecule has 24 heavy (non-hydrogen) atoms. The van der Waals surface area contributed by atoms with E-state index < -0.39 is 0 Å². The van der Waals surface area contributed by atoms with Crippen molar-refractivity contribution in [2.75, 3.05) is 6.54 Å². The van der Waals surface area contributed by atoms with Gasteiger partial charge in [0.1, 0.15) is 0 Å². The van der Waals surface area contributed by atoms with Gasteiger partial charge in [-0.1, -0.05) is 24.3 Å². The standard InChI is InChI=1S/C20H17NO3/c22-18(15-10-9-13-5-1-2-6-14(13)11-15)12-21-19(23)16-7-3-4-8-17(16)20(21)24/h3-4,7-11H,1-2,5-6,12H2. The Labute approximate surface area is 140 Å². The smallest absolute Gasteiger partial charge is 0.261 e. The van der Waals surface area contributed by atoms with Gasteiger partial charge in [-0.25, -0.2) is 0 Å². The lowest BCUT2D eigenvalue weighted by molar-refractivity contribution is 0.0624. The maximum absolute atomic E-state index is 12.6. The zero-order valence-electron chi connectivity index (χ0n) is 13.2. The van der Waals surface area contributed by atoms with Crippen LogP contribution in [0.25, 0.3) is 0 Å². The van der Waals surface area contributed by atoms with Gasteiger partial charge in [0.15, 0.2) is 5.78 Å². The lowest BCUT2D eigenvalue weighted by atomic mass is 9.90. The van der Waals surface area contributed by atoms with E-state index in [1.165, 1.54) is 17.5 Å². The predicted molar refractivity (Wildman–Crippen MR) is 89.2 cm³/mol. The Morgan fingerprint density at radius 2 is 1.50 bits per heavy atom. The first-order valence-electron chi connectivity index (χ1n) is 8.25. The average molecular weight is 319 g/mol. The molecular formula is C20H17NO3. The van der Waals surface area contributed by atoms with Crippen LogP contribution in [0.4, 0.5) is 0 Å². The highest BCUT2D eigenvalue weighted by molar-refractivity contribution is 6.23. The molecule has 0 saturated heterocycles. The van der Waals surface area contributed by atoms with E-state index in [2.05, 4.69) is 0 Å². The van der Waals surface area contributed by atoms with E-state index >= 15 is 0 Å². The molecule has 0 bridgehead atoms. The maximum Gasteiger partial charge on any atom is 0.261 e. The molecule has 1 aliphatic carbocycles.